The van der Waals surface area contributed by atoms with Crippen LogP contribution in [0.4, 0.5) is 10.1 Å². The molecule has 0 fully saturated rings. The lowest BCUT2D eigenvalue weighted by Crippen LogP contribution is -2.12. The summed E-state index contributed by atoms with van der Waals surface area (Å²) in [7, 11) is -3.77. The van der Waals surface area contributed by atoms with Gasteiger partial charge in [0.15, 0.2) is 0 Å². The SMILES string of the molecule is CCNCc1ccc(S(=O)(=O)Nc2ccc(Br)cc2F)s1. The number of halogens is 2. The van der Waals surface area contributed by atoms with Crippen LogP contribution >= 0.6 is 27.3 Å². The van der Waals surface area contributed by atoms with E-state index in [-0.39, 0.29) is 9.90 Å². The van der Waals surface area contributed by atoms with Crippen molar-refractivity contribution in [2.24, 2.45) is 0 Å². The van der Waals surface area contributed by atoms with Gasteiger partial charge in [0.1, 0.15) is 10.0 Å². The zero-order valence-electron chi connectivity index (χ0n) is 11.2. The minimum atomic E-state index is -3.77. The van der Waals surface area contributed by atoms with Gasteiger partial charge in [-0.3, -0.25) is 4.72 Å². The summed E-state index contributed by atoms with van der Waals surface area (Å²) in [6.07, 6.45) is 0. The van der Waals surface area contributed by atoms with E-state index in [0.717, 1.165) is 22.8 Å². The van der Waals surface area contributed by atoms with Crippen molar-refractivity contribution >= 4 is 43.0 Å². The number of nitrogens with one attached hydrogen (secondary N) is 2. The molecule has 2 aromatic rings. The second-order valence-corrected chi connectivity index (χ2v) is 8.22. The maximum atomic E-state index is 13.7. The first-order chi connectivity index (χ1) is 9.92. The van der Waals surface area contributed by atoms with Crippen LogP contribution in [0.5, 0.6) is 0 Å². The first kappa shape index (κ1) is 16.4. The number of hydrogen-bond donors (Lipinski definition) is 2. The van der Waals surface area contributed by atoms with E-state index in [0.29, 0.717) is 11.0 Å². The van der Waals surface area contributed by atoms with Gasteiger partial charge in [0, 0.05) is 15.9 Å². The summed E-state index contributed by atoms with van der Waals surface area (Å²) in [5.41, 5.74) is -0.0696. The van der Waals surface area contributed by atoms with Crippen LogP contribution in [0.15, 0.2) is 39.0 Å². The second-order valence-electron chi connectivity index (χ2n) is 4.23. The van der Waals surface area contributed by atoms with Crippen LogP contribution in [-0.4, -0.2) is 15.0 Å². The van der Waals surface area contributed by atoms with E-state index in [1.165, 1.54) is 18.2 Å². The Labute approximate surface area is 135 Å². The lowest BCUT2D eigenvalue weighted by Gasteiger charge is -2.07. The Balaban J connectivity index is 2.19. The van der Waals surface area contributed by atoms with Crippen molar-refractivity contribution in [3.05, 3.63) is 45.5 Å². The van der Waals surface area contributed by atoms with Crippen molar-refractivity contribution in [3.8, 4) is 0 Å². The molecule has 0 amide bonds. The minimum absolute atomic E-state index is 0.0696. The van der Waals surface area contributed by atoms with Crippen molar-refractivity contribution in [1.82, 2.24) is 5.32 Å². The fraction of sp³-hybridized carbons (Fsp3) is 0.231. The summed E-state index contributed by atoms with van der Waals surface area (Å²) in [5, 5.41) is 3.12. The molecule has 2 N–H and O–H groups in total. The van der Waals surface area contributed by atoms with E-state index < -0.39 is 15.8 Å². The average Bonchev–Trinajstić information content (AvgIpc) is 2.89. The molecule has 0 radical (unpaired) electrons. The number of sulfonamides is 1. The molecule has 8 heteroatoms. The minimum Gasteiger partial charge on any atom is -0.312 e. The number of anilines is 1. The molecule has 4 nitrogen and oxygen atoms in total. The molecule has 0 bridgehead atoms. The molecule has 2 rings (SSSR count). The molecule has 0 saturated heterocycles. The van der Waals surface area contributed by atoms with Crippen molar-refractivity contribution in [3.63, 3.8) is 0 Å². The normalized spacial score (nSPS) is 11.6. The van der Waals surface area contributed by atoms with Crippen LogP contribution in [-0.2, 0) is 16.6 Å². The quantitative estimate of drug-likeness (QED) is 0.789. The van der Waals surface area contributed by atoms with Crippen LogP contribution < -0.4 is 10.0 Å². The average molecular weight is 393 g/mol. The van der Waals surface area contributed by atoms with Gasteiger partial charge in [0.25, 0.3) is 10.0 Å². The van der Waals surface area contributed by atoms with E-state index in [2.05, 4.69) is 26.0 Å². The van der Waals surface area contributed by atoms with Gasteiger partial charge in [-0.2, -0.15) is 0 Å². The fourth-order valence-corrected chi connectivity index (χ4v) is 4.34. The molecule has 0 aliphatic rings. The molecule has 0 saturated carbocycles. The summed E-state index contributed by atoms with van der Waals surface area (Å²) in [5.74, 6) is -0.627. The molecule has 114 valence electrons. The third kappa shape index (κ3) is 4.26. The second kappa shape index (κ2) is 6.87. The largest absolute Gasteiger partial charge is 0.312 e. The molecule has 0 unspecified atom stereocenters. The predicted octanol–water partition coefficient (Wildman–Crippen LogP) is 3.56. The number of hydrogen-bond acceptors (Lipinski definition) is 4. The molecule has 0 spiro atoms. The van der Waals surface area contributed by atoms with E-state index >= 15 is 0 Å². The van der Waals surface area contributed by atoms with Gasteiger partial charge in [-0.1, -0.05) is 22.9 Å². The smallest absolute Gasteiger partial charge is 0.271 e. The van der Waals surface area contributed by atoms with Gasteiger partial charge in [0.05, 0.1) is 5.69 Å². The van der Waals surface area contributed by atoms with Gasteiger partial charge in [0.2, 0.25) is 0 Å². The van der Waals surface area contributed by atoms with E-state index in [1.54, 1.807) is 12.1 Å². The molecule has 1 aromatic heterocycles. The Morgan fingerprint density at radius 1 is 1.29 bits per heavy atom. The zero-order valence-corrected chi connectivity index (χ0v) is 14.4. The van der Waals surface area contributed by atoms with Crippen LogP contribution in [0.3, 0.4) is 0 Å². The number of thiophene rings is 1. The van der Waals surface area contributed by atoms with Gasteiger partial charge < -0.3 is 5.32 Å². The number of rotatable bonds is 6. The summed E-state index contributed by atoms with van der Waals surface area (Å²) >= 11 is 4.29. The summed E-state index contributed by atoms with van der Waals surface area (Å²) < 4.78 is 41.1. The highest BCUT2D eigenvalue weighted by molar-refractivity contribution is 9.10. The Morgan fingerprint density at radius 2 is 2.05 bits per heavy atom. The van der Waals surface area contributed by atoms with Gasteiger partial charge in [-0.25, -0.2) is 12.8 Å². The third-order valence-corrected chi connectivity index (χ3v) is 6.06. The maximum absolute atomic E-state index is 13.7. The Kier molecular flexibility index (Phi) is 5.37. The van der Waals surface area contributed by atoms with Gasteiger partial charge in [-0.05, 0) is 36.9 Å². The predicted molar refractivity (Wildman–Crippen MR) is 86.6 cm³/mol. The Bertz CT molecular complexity index is 732. The summed E-state index contributed by atoms with van der Waals surface area (Å²) in [4.78, 5) is 0.911. The van der Waals surface area contributed by atoms with E-state index in [1.807, 2.05) is 6.92 Å². The van der Waals surface area contributed by atoms with E-state index in [9.17, 15) is 12.8 Å². The molecule has 0 atom stereocenters. The van der Waals surface area contributed by atoms with Crippen molar-refractivity contribution in [1.29, 1.82) is 0 Å². The molecule has 21 heavy (non-hydrogen) atoms. The molecular weight excluding hydrogens is 379 g/mol. The lowest BCUT2D eigenvalue weighted by molar-refractivity contribution is 0.600. The molecule has 1 heterocycles. The summed E-state index contributed by atoms with van der Waals surface area (Å²) in [6, 6.07) is 7.44. The first-order valence-corrected chi connectivity index (χ1v) is 9.29. The van der Waals surface area contributed by atoms with Crippen molar-refractivity contribution < 1.29 is 12.8 Å². The van der Waals surface area contributed by atoms with Crippen LogP contribution in [0.2, 0.25) is 0 Å². The molecule has 1 aromatic carbocycles. The van der Waals surface area contributed by atoms with E-state index in [4.69, 9.17) is 0 Å². The standard InChI is InChI=1S/C13H14BrFN2O2S2/c1-2-16-8-10-4-6-13(20-10)21(18,19)17-12-5-3-9(14)7-11(12)15/h3-7,16-17H,2,8H2,1H3. The van der Waals surface area contributed by atoms with Crippen LogP contribution in [0, 0.1) is 5.82 Å². The van der Waals surface area contributed by atoms with Crippen LogP contribution in [0.25, 0.3) is 0 Å². The topological polar surface area (TPSA) is 58.2 Å². The van der Waals surface area contributed by atoms with Gasteiger partial charge in [-0.15, -0.1) is 11.3 Å². The lowest BCUT2D eigenvalue weighted by atomic mass is 10.3. The van der Waals surface area contributed by atoms with Crippen molar-refractivity contribution in [2.45, 2.75) is 17.7 Å². The highest BCUT2D eigenvalue weighted by Crippen LogP contribution is 2.26. The Hall–Kier alpha value is -0.960. The van der Waals surface area contributed by atoms with Gasteiger partial charge >= 0.3 is 0 Å². The fourth-order valence-electron chi connectivity index (χ4n) is 1.61. The molecular formula is C13H14BrFN2O2S2. The first-order valence-electron chi connectivity index (χ1n) is 6.19. The third-order valence-electron chi connectivity index (χ3n) is 2.63. The molecule has 0 aliphatic heterocycles. The number of benzene rings is 1. The highest BCUT2D eigenvalue weighted by atomic mass is 79.9. The highest BCUT2D eigenvalue weighted by Gasteiger charge is 2.18. The van der Waals surface area contributed by atoms with Crippen molar-refractivity contribution in [2.75, 3.05) is 11.3 Å². The monoisotopic (exact) mass is 392 g/mol. The maximum Gasteiger partial charge on any atom is 0.271 e. The summed E-state index contributed by atoms with van der Waals surface area (Å²) in [6.45, 7) is 3.40. The van der Waals surface area contributed by atoms with Crippen LogP contribution in [0.1, 0.15) is 11.8 Å². The Morgan fingerprint density at radius 3 is 2.71 bits per heavy atom. The zero-order chi connectivity index (χ0) is 15.5. The molecule has 0 aliphatic carbocycles.